The number of esters is 1. The Hall–Kier alpha value is -2.66. The average Bonchev–Trinajstić information content (AvgIpc) is 2.87. The molecule has 0 radical (unpaired) electrons. The molecule has 6 heteroatoms. The maximum absolute atomic E-state index is 12.3. The Morgan fingerprint density at radius 1 is 1.04 bits per heavy atom. The average molecular weight is 372 g/mol. The van der Waals surface area contributed by atoms with Gasteiger partial charge >= 0.3 is 5.97 Å². The first kappa shape index (κ1) is 18.1. The summed E-state index contributed by atoms with van der Waals surface area (Å²) in [6.07, 6.45) is -0.00243. The van der Waals surface area contributed by atoms with E-state index in [1.165, 1.54) is 4.90 Å². The first-order valence-electron chi connectivity index (χ1n) is 8.38. The zero-order chi connectivity index (χ0) is 18.7. The van der Waals surface area contributed by atoms with Gasteiger partial charge in [-0.15, -0.1) is 0 Å². The van der Waals surface area contributed by atoms with Crippen LogP contribution in [0.2, 0.25) is 5.02 Å². The van der Waals surface area contributed by atoms with E-state index in [1.54, 1.807) is 43.3 Å². The Balaban J connectivity index is 1.51. The van der Waals surface area contributed by atoms with Gasteiger partial charge in [-0.1, -0.05) is 41.9 Å². The first-order chi connectivity index (χ1) is 12.5. The standard InChI is InChI=1S/C20H18ClNO4/c1-13(14-7-4-5-10-17(14)21)26-18(23)11-6-12-22-19(24)15-8-2-3-9-16(15)20(22)25/h2-5,7-10,13H,6,11-12H2,1H3/t13-/m1/s1. The lowest BCUT2D eigenvalue weighted by Gasteiger charge is -2.16. The summed E-state index contributed by atoms with van der Waals surface area (Å²) in [5.74, 6) is -1.03. The minimum absolute atomic E-state index is 0.113. The number of hydrogen-bond donors (Lipinski definition) is 0. The summed E-state index contributed by atoms with van der Waals surface area (Å²) in [7, 11) is 0. The number of carbonyl (C=O) groups is 3. The lowest BCUT2D eigenvalue weighted by atomic mass is 10.1. The van der Waals surface area contributed by atoms with E-state index in [0.29, 0.717) is 22.6 Å². The molecule has 26 heavy (non-hydrogen) atoms. The van der Waals surface area contributed by atoms with Crippen molar-refractivity contribution >= 4 is 29.4 Å². The number of hydrogen-bond acceptors (Lipinski definition) is 4. The molecule has 3 rings (SSSR count). The fraction of sp³-hybridized carbons (Fsp3) is 0.250. The maximum atomic E-state index is 12.3. The van der Waals surface area contributed by atoms with Gasteiger partial charge in [-0.3, -0.25) is 19.3 Å². The van der Waals surface area contributed by atoms with Gasteiger partial charge in [0.05, 0.1) is 11.1 Å². The summed E-state index contributed by atoms with van der Waals surface area (Å²) in [4.78, 5) is 37.7. The molecule has 0 saturated carbocycles. The number of benzene rings is 2. The predicted molar refractivity (Wildman–Crippen MR) is 97.0 cm³/mol. The van der Waals surface area contributed by atoms with Crippen molar-refractivity contribution in [3.63, 3.8) is 0 Å². The molecular weight excluding hydrogens is 354 g/mol. The van der Waals surface area contributed by atoms with E-state index in [0.717, 1.165) is 5.56 Å². The summed E-state index contributed by atoms with van der Waals surface area (Å²) in [5, 5.41) is 0.541. The van der Waals surface area contributed by atoms with Gasteiger partial charge in [0.15, 0.2) is 0 Å². The highest BCUT2D eigenvalue weighted by molar-refractivity contribution is 6.31. The molecule has 0 fully saturated rings. The van der Waals surface area contributed by atoms with Crippen LogP contribution in [0.4, 0.5) is 0 Å². The second-order valence-electron chi connectivity index (χ2n) is 6.06. The molecule has 5 nitrogen and oxygen atoms in total. The van der Waals surface area contributed by atoms with Crippen LogP contribution < -0.4 is 0 Å². The third kappa shape index (κ3) is 3.63. The Morgan fingerprint density at radius 3 is 2.23 bits per heavy atom. The number of rotatable bonds is 6. The number of carbonyl (C=O) groups excluding carboxylic acids is 3. The molecule has 0 N–H and O–H groups in total. The molecule has 2 aromatic rings. The molecule has 0 aromatic heterocycles. The minimum Gasteiger partial charge on any atom is -0.458 e. The Kier molecular flexibility index (Phi) is 5.38. The summed E-state index contributed by atoms with van der Waals surface area (Å²) in [6, 6.07) is 13.9. The van der Waals surface area contributed by atoms with Gasteiger partial charge in [0.1, 0.15) is 6.10 Å². The van der Waals surface area contributed by atoms with E-state index in [2.05, 4.69) is 0 Å². The van der Waals surface area contributed by atoms with Gasteiger partial charge < -0.3 is 4.74 Å². The maximum Gasteiger partial charge on any atom is 0.306 e. The molecule has 134 valence electrons. The van der Waals surface area contributed by atoms with Crippen LogP contribution in [0, 0.1) is 0 Å². The lowest BCUT2D eigenvalue weighted by Crippen LogP contribution is -2.31. The molecule has 0 spiro atoms. The van der Waals surface area contributed by atoms with Crippen molar-refractivity contribution in [3.8, 4) is 0 Å². The van der Waals surface area contributed by atoms with Crippen molar-refractivity contribution in [2.24, 2.45) is 0 Å². The summed E-state index contributed by atoms with van der Waals surface area (Å²) in [6.45, 7) is 1.94. The second kappa shape index (κ2) is 7.70. The highest BCUT2D eigenvalue weighted by Gasteiger charge is 2.34. The number of fused-ring (bicyclic) bond motifs is 1. The summed E-state index contributed by atoms with van der Waals surface area (Å²) >= 11 is 6.10. The predicted octanol–water partition coefficient (Wildman–Crippen LogP) is 4.02. The van der Waals surface area contributed by atoms with E-state index in [9.17, 15) is 14.4 Å². The zero-order valence-corrected chi connectivity index (χ0v) is 15.0. The van der Waals surface area contributed by atoms with Gasteiger partial charge in [-0.25, -0.2) is 0 Å². The molecule has 1 aliphatic rings. The van der Waals surface area contributed by atoms with Crippen LogP contribution in [0.15, 0.2) is 48.5 Å². The zero-order valence-electron chi connectivity index (χ0n) is 14.3. The third-order valence-electron chi connectivity index (χ3n) is 4.29. The van der Waals surface area contributed by atoms with Gasteiger partial charge in [0.25, 0.3) is 11.8 Å². The number of halogens is 1. The van der Waals surface area contributed by atoms with Crippen molar-refractivity contribution in [1.82, 2.24) is 4.90 Å². The Bertz CT molecular complexity index is 829. The smallest absolute Gasteiger partial charge is 0.306 e. The number of ether oxygens (including phenoxy) is 1. The largest absolute Gasteiger partial charge is 0.458 e. The van der Waals surface area contributed by atoms with E-state index in [-0.39, 0.29) is 24.8 Å². The van der Waals surface area contributed by atoms with Crippen LogP contribution in [-0.2, 0) is 9.53 Å². The van der Waals surface area contributed by atoms with Crippen molar-refractivity contribution in [3.05, 3.63) is 70.2 Å². The molecule has 1 heterocycles. The van der Waals surface area contributed by atoms with Gasteiger partial charge in [-0.2, -0.15) is 0 Å². The van der Waals surface area contributed by atoms with Crippen LogP contribution in [0.3, 0.4) is 0 Å². The molecule has 1 aliphatic heterocycles. The van der Waals surface area contributed by atoms with Crippen LogP contribution in [0.25, 0.3) is 0 Å². The monoisotopic (exact) mass is 371 g/mol. The first-order valence-corrected chi connectivity index (χ1v) is 8.76. The van der Waals surface area contributed by atoms with Gasteiger partial charge in [0.2, 0.25) is 0 Å². The molecule has 0 aliphatic carbocycles. The summed E-state index contributed by atoms with van der Waals surface area (Å²) in [5.41, 5.74) is 1.56. The van der Waals surface area contributed by atoms with Crippen LogP contribution in [-0.4, -0.2) is 29.2 Å². The Morgan fingerprint density at radius 2 is 1.62 bits per heavy atom. The number of nitrogens with zero attached hydrogens (tertiary/aromatic N) is 1. The van der Waals surface area contributed by atoms with Crippen LogP contribution >= 0.6 is 11.6 Å². The van der Waals surface area contributed by atoms with Crippen LogP contribution in [0.5, 0.6) is 0 Å². The number of amides is 2. The fourth-order valence-corrected chi connectivity index (χ4v) is 3.24. The van der Waals surface area contributed by atoms with E-state index in [1.807, 2.05) is 12.1 Å². The second-order valence-corrected chi connectivity index (χ2v) is 6.47. The number of imide groups is 1. The molecule has 0 unspecified atom stereocenters. The lowest BCUT2D eigenvalue weighted by molar-refractivity contribution is -0.148. The summed E-state index contributed by atoms with van der Waals surface area (Å²) < 4.78 is 5.39. The Labute approximate surface area is 156 Å². The minimum atomic E-state index is -0.462. The normalized spacial score (nSPS) is 14.3. The van der Waals surface area contributed by atoms with Crippen molar-refractivity contribution in [2.45, 2.75) is 25.9 Å². The topological polar surface area (TPSA) is 63.7 Å². The van der Waals surface area contributed by atoms with E-state index >= 15 is 0 Å². The van der Waals surface area contributed by atoms with Crippen molar-refractivity contribution < 1.29 is 19.1 Å². The molecule has 2 amide bonds. The SMILES string of the molecule is C[C@@H](OC(=O)CCCN1C(=O)c2ccccc2C1=O)c1ccccc1Cl. The highest BCUT2D eigenvalue weighted by atomic mass is 35.5. The van der Waals surface area contributed by atoms with Gasteiger partial charge in [0, 0.05) is 23.6 Å². The van der Waals surface area contributed by atoms with E-state index in [4.69, 9.17) is 16.3 Å². The van der Waals surface area contributed by atoms with Crippen molar-refractivity contribution in [1.29, 1.82) is 0 Å². The molecule has 2 aromatic carbocycles. The van der Waals surface area contributed by atoms with Crippen molar-refractivity contribution in [2.75, 3.05) is 6.54 Å². The molecule has 0 saturated heterocycles. The quantitative estimate of drug-likeness (QED) is 0.568. The van der Waals surface area contributed by atoms with Gasteiger partial charge in [-0.05, 0) is 31.5 Å². The third-order valence-corrected chi connectivity index (χ3v) is 4.64. The van der Waals surface area contributed by atoms with E-state index < -0.39 is 12.1 Å². The van der Waals surface area contributed by atoms with Crippen LogP contribution in [0.1, 0.15) is 52.1 Å². The fourth-order valence-electron chi connectivity index (χ4n) is 2.95. The highest BCUT2D eigenvalue weighted by Crippen LogP contribution is 2.26. The molecule has 1 atom stereocenters. The molecular formula is C20H18ClNO4. The molecule has 0 bridgehead atoms.